The van der Waals surface area contributed by atoms with Gasteiger partial charge in [0.15, 0.2) is 0 Å². The maximum atomic E-state index is 6.43. The predicted molar refractivity (Wildman–Crippen MR) is 319 cm³/mol. The second kappa shape index (κ2) is 15.2. The summed E-state index contributed by atoms with van der Waals surface area (Å²) < 4.78 is 9.04. The molecule has 366 valence electrons. The molecule has 5 heteroatoms. The van der Waals surface area contributed by atoms with Crippen LogP contribution < -0.4 is 20.6 Å². The first kappa shape index (κ1) is 45.8. The lowest BCUT2D eigenvalue weighted by Gasteiger charge is -2.46. The molecule has 0 radical (unpaired) electrons. The van der Waals surface area contributed by atoms with Gasteiger partial charge in [-0.2, -0.15) is 0 Å². The minimum Gasteiger partial charge on any atom is -0.464 e. The fourth-order valence-corrected chi connectivity index (χ4v) is 14.9. The van der Waals surface area contributed by atoms with Crippen molar-refractivity contribution in [3.05, 3.63) is 185 Å². The Hall–Kier alpha value is -6.82. The van der Waals surface area contributed by atoms with Crippen LogP contribution in [0, 0.1) is 0 Å². The molecule has 0 saturated carbocycles. The summed E-state index contributed by atoms with van der Waals surface area (Å²) in [4.78, 5) is 5.38. The average Bonchev–Trinajstić information content (AvgIpc) is 4.16. The van der Waals surface area contributed by atoms with Crippen LogP contribution in [0.4, 0.5) is 28.4 Å². The second-order valence-corrected chi connectivity index (χ2v) is 27.1. The second-order valence-electron chi connectivity index (χ2n) is 26.0. The van der Waals surface area contributed by atoms with Crippen molar-refractivity contribution < 1.29 is 4.42 Å². The number of furan rings is 1. The SMILES string of the molecule is CC(C)(C)c1ccc(N2B3c4cc5occc5cc4N(c4ccc(C(C)(C)C)cc4-c4ccccc4)c4c3c(cc3c4sc4ccccc43)-c3cc4c(cc32)C(C)(C)c2cc3c(cc2-4)C(C)(C)CCC3(C)C)cc1. The van der Waals surface area contributed by atoms with Gasteiger partial charge in [0.05, 0.1) is 22.3 Å². The average molecular weight is 981 g/mol. The number of thiophene rings is 1. The summed E-state index contributed by atoms with van der Waals surface area (Å²) in [6.45, 7) is 28.6. The van der Waals surface area contributed by atoms with E-state index in [-0.39, 0.29) is 33.9 Å². The lowest BCUT2D eigenvalue weighted by molar-refractivity contribution is 0.331. The summed E-state index contributed by atoms with van der Waals surface area (Å²) in [5.74, 6) is 0. The van der Waals surface area contributed by atoms with Crippen LogP contribution in [0.1, 0.15) is 129 Å². The van der Waals surface area contributed by atoms with E-state index in [0.717, 1.165) is 11.0 Å². The van der Waals surface area contributed by atoms with Gasteiger partial charge in [0.1, 0.15) is 5.58 Å². The van der Waals surface area contributed by atoms with Gasteiger partial charge in [0.25, 0.3) is 0 Å². The van der Waals surface area contributed by atoms with Crippen molar-refractivity contribution in [2.45, 2.75) is 123 Å². The van der Waals surface area contributed by atoms with E-state index in [1.165, 1.54) is 139 Å². The number of fused-ring (bicyclic) bond motifs is 13. The Bertz CT molecular complexity index is 4020. The van der Waals surface area contributed by atoms with Crippen molar-refractivity contribution in [1.29, 1.82) is 0 Å². The van der Waals surface area contributed by atoms with E-state index < -0.39 is 0 Å². The highest BCUT2D eigenvalue weighted by Crippen LogP contribution is 2.59. The molecule has 0 fully saturated rings. The smallest absolute Gasteiger partial charge is 0.333 e. The Morgan fingerprint density at radius 3 is 1.92 bits per heavy atom. The summed E-state index contributed by atoms with van der Waals surface area (Å²) in [6, 6.07) is 57.0. The first-order valence-corrected chi connectivity index (χ1v) is 27.8. The van der Waals surface area contributed by atoms with Gasteiger partial charge in [-0.3, -0.25) is 0 Å². The minimum atomic E-state index is -0.220. The zero-order chi connectivity index (χ0) is 51.2. The number of nitrogens with zero attached hydrogens (tertiary/aromatic N) is 2. The van der Waals surface area contributed by atoms with E-state index in [1.54, 1.807) is 0 Å². The van der Waals surface area contributed by atoms with Gasteiger partial charge in [0.2, 0.25) is 0 Å². The van der Waals surface area contributed by atoms with E-state index >= 15 is 0 Å². The molecule has 14 rings (SSSR count). The van der Waals surface area contributed by atoms with Crippen molar-refractivity contribution >= 4 is 88.7 Å². The van der Waals surface area contributed by atoms with E-state index in [1.807, 2.05) is 17.6 Å². The molecule has 0 spiro atoms. The third kappa shape index (κ3) is 6.44. The molecule has 2 aliphatic heterocycles. The van der Waals surface area contributed by atoms with E-state index in [2.05, 4.69) is 238 Å². The van der Waals surface area contributed by atoms with Crippen LogP contribution in [-0.2, 0) is 27.1 Å². The van der Waals surface area contributed by atoms with Gasteiger partial charge in [0, 0.05) is 54.5 Å². The van der Waals surface area contributed by atoms with E-state index in [0.29, 0.717) is 0 Å². The van der Waals surface area contributed by atoms with Gasteiger partial charge in [-0.05, 0) is 174 Å². The molecule has 0 N–H and O–H groups in total. The molecule has 4 heterocycles. The van der Waals surface area contributed by atoms with Crippen LogP contribution in [0.15, 0.2) is 156 Å². The third-order valence-electron chi connectivity index (χ3n) is 18.1. The number of rotatable bonds is 3. The quantitative estimate of drug-likeness (QED) is 0.165. The zero-order valence-electron chi connectivity index (χ0n) is 45.1. The Morgan fingerprint density at radius 2 is 1.19 bits per heavy atom. The van der Waals surface area contributed by atoms with Crippen molar-refractivity contribution in [2.24, 2.45) is 0 Å². The highest BCUT2D eigenvalue weighted by molar-refractivity contribution is 7.26. The summed E-state index contributed by atoms with van der Waals surface area (Å²) in [5, 5.41) is 3.70. The zero-order valence-corrected chi connectivity index (χ0v) is 46.0. The largest absolute Gasteiger partial charge is 0.464 e. The fourth-order valence-electron chi connectivity index (χ4n) is 13.6. The molecule has 3 nitrogen and oxygen atoms in total. The van der Waals surface area contributed by atoms with Gasteiger partial charge in [-0.25, -0.2) is 0 Å². The fraction of sp³-hybridized carbons (Fsp3) is 0.275. The lowest BCUT2D eigenvalue weighted by atomic mass is 9.43. The first-order chi connectivity index (χ1) is 35.2. The summed E-state index contributed by atoms with van der Waals surface area (Å²) in [5.41, 5.74) is 25.7. The normalized spacial score (nSPS) is 16.8. The maximum absolute atomic E-state index is 6.43. The van der Waals surface area contributed by atoms with Crippen molar-refractivity contribution in [3.8, 4) is 33.4 Å². The molecule has 0 unspecified atom stereocenters. The van der Waals surface area contributed by atoms with Gasteiger partial charge < -0.3 is 14.1 Å². The summed E-state index contributed by atoms with van der Waals surface area (Å²) in [7, 11) is 0. The topological polar surface area (TPSA) is 19.6 Å². The molecular formula is C69H65BN2OS. The Labute approximate surface area is 442 Å². The van der Waals surface area contributed by atoms with E-state index in [9.17, 15) is 0 Å². The van der Waals surface area contributed by atoms with Gasteiger partial charge in [-0.15, -0.1) is 11.3 Å². The number of anilines is 5. The van der Waals surface area contributed by atoms with Gasteiger partial charge in [-0.1, -0.05) is 156 Å². The van der Waals surface area contributed by atoms with Crippen LogP contribution in [0.3, 0.4) is 0 Å². The molecule has 2 aromatic heterocycles. The van der Waals surface area contributed by atoms with Crippen molar-refractivity contribution in [1.82, 2.24) is 0 Å². The molecule has 8 aromatic carbocycles. The van der Waals surface area contributed by atoms with Gasteiger partial charge >= 0.3 is 6.85 Å². The first-order valence-electron chi connectivity index (χ1n) is 27.0. The molecule has 0 saturated heterocycles. The highest BCUT2D eigenvalue weighted by atomic mass is 32.1. The Morgan fingerprint density at radius 1 is 0.527 bits per heavy atom. The number of benzene rings is 8. The van der Waals surface area contributed by atoms with Crippen LogP contribution >= 0.6 is 11.3 Å². The summed E-state index contributed by atoms with van der Waals surface area (Å²) >= 11 is 1.94. The van der Waals surface area contributed by atoms with Crippen LogP contribution in [0.2, 0.25) is 0 Å². The molecular weight excluding hydrogens is 916 g/mol. The molecule has 0 atom stereocenters. The van der Waals surface area contributed by atoms with Crippen LogP contribution in [0.5, 0.6) is 0 Å². The lowest BCUT2D eigenvalue weighted by Crippen LogP contribution is -2.61. The van der Waals surface area contributed by atoms with Crippen LogP contribution in [-0.4, -0.2) is 6.85 Å². The van der Waals surface area contributed by atoms with Crippen LogP contribution in [0.25, 0.3) is 64.5 Å². The molecule has 0 bridgehead atoms. The third-order valence-corrected chi connectivity index (χ3v) is 19.3. The van der Waals surface area contributed by atoms with Crippen molar-refractivity contribution in [2.75, 3.05) is 9.71 Å². The van der Waals surface area contributed by atoms with Crippen molar-refractivity contribution in [3.63, 3.8) is 0 Å². The standard InChI is InChI=1S/C69H65BN2OS/c1-65(2,3)42-22-25-44(26-23-42)72-58-38-53-47(48-36-54-55(37-52(48)69(53,11)12)68(9,10)30-29-67(54,7)8)34-49(58)50-35-51-45-20-16-17-21-61(45)74-64(51)63-62(50)70(72)56-39-60-41(28-31-73-60)32-59(56)71(63)57-27-24-43(66(4,5)6)33-46(57)40-18-14-13-15-19-40/h13-28,31-39H,29-30H2,1-12H3. The number of hydrogen-bond acceptors (Lipinski definition) is 4. The molecule has 2 aliphatic carbocycles. The molecule has 10 aromatic rings. The summed E-state index contributed by atoms with van der Waals surface area (Å²) in [6.07, 6.45) is 4.24. The molecule has 0 amide bonds. The maximum Gasteiger partial charge on any atom is 0.333 e. The molecule has 4 aliphatic rings. The Kier molecular flexibility index (Phi) is 9.38. The number of hydrogen-bond donors (Lipinski definition) is 0. The molecule has 74 heavy (non-hydrogen) atoms. The van der Waals surface area contributed by atoms with E-state index in [4.69, 9.17) is 4.42 Å². The predicted octanol–water partition coefficient (Wildman–Crippen LogP) is 18.4. The Balaban J connectivity index is 1.15. The highest BCUT2D eigenvalue weighted by Gasteiger charge is 2.49. The minimum absolute atomic E-state index is 0.00559. The monoisotopic (exact) mass is 980 g/mol.